The number of H-pyrrole nitrogens is 1. The van der Waals surface area contributed by atoms with Crippen LogP contribution < -0.4 is 5.73 Å². The smallest absolute Gasteiger partial charge is 0.0143 e. The topological polar surface area (TPSA) is 41.8 Å². The van der Waals surface area contributed by atoms with Crippen LogP contribution >= 0.6 is 0 Å². The molecule has 0 aliphatic carbocycles. The summed E-state index contributed by atoms with van der Waals surface area (Å²) >= 11 is 0. The highest BCUT2D eigenvalue weighted by Gasteiger charge is 1.86. The average molecular weight is 190 g/mol. The first-order chi connectivity index (χ1) is 6.86. The van der Waals surface area contributed by atoms with Crippen LogP contribution in [0.3, 0.4) is 0 Å². The number of nitrogens with two attached hydrogens (primary N) is 1. The van der Waals surface area contributed by atoms with Crippen molar-refractivity contribution in [2.45, 2.75) is 19.8 Å². The lowest BCUT2D eigenvalue weighted by Gasteiger charge is -1.94. The first kappa shape index (κ1) is 10.8. The molecule has 0 fully saturated rings. The molecule has 1 aromatic rings. The van der Waals surface area contributed by atoms with Gasteiger partial charge in [-0.25, -0.2) is 0 Å². The molecule has 0 aliphatic heterocycles. The number of hydrogen-bond donors (Lipinski definition) is 2. The molecule has 0 atom stereocenters. The maximum Gasteiger partial charge on any atom is 0.0143 e. The third-order valence-corrected chi connectivity index (χ3v) is 2.09. The minimum absolute atomic E-state index is 0.687. The van der Waals surface area contributed by atoms with Crippen LogP contribution in [0.2, 0.25) is 0 Å². The Morgan fingerprint density at radius 1 is 1.21 bits per heavy atom. The van der Waals surface area contributed by atoms with E-state index in [1.165, 1.54) is 11.3 Å². The first-order valence-corrected chi connectivity index (χ1v) is 5.06. The summed E-state index contributed by atoms with van der Waals surface area (Å²) in [6, 6.07) is 10.3. The molecule has 0 unspecified atom stereocenters. The highest BCUT2D eigenvalue weighted by atomic mass is 14.7. The fourth-order valence-corrected chi connectivity index (χ4v) is 1.24. The monoisotopic (exact) mass is 190 g/mol. The molecular formula is C12H18N2. The summed E-state index contributed by atoms with van der Waals surface area (Å²) in [5.74, 6) is 0. The van der Waals surface area contributed by atoms with Gasteiger partial charge in [0.2, 0.25) is 0 Å². The van der Waals surface area contributed by atoms with Gasteiger partial charge in [0.25, 0.3) is 0 Å². The molecule has 14 heavy (non-hydrogen) atoms. The quantitative estimate of drug-likeness (QED) is 0.754. The van der Waals surface area contributed by atoms with Gasteiger partial charge in [-0.05, 0) is 31.0 Å². The molecule has 0 aromatic carbocycles. The maximum atomic E-state index is 5.52. The second kappa shape index (κ2) is 6.22. The molecule has 1 aromatic heterocycles. The van der Waals surface area contributed by atoms with E-state index < -0.39 is 0 Å². The Labute approximate surface area is 85.5 Å². The van der Waals surface area contributed by atoms with Gasteiger partial charge in [0, 0.05) is 11.9 Å². The molecule has 0 radical (unpaired) electrons. The van der Waals surface area contributed by atoms with Gasteiger partial charge in [0.1, 0.15) is 0 Å². The van der Waals surface area contributed by atoms with Crippen molar-refractivity contribution in [2.24, 2.45) is 5.73 Å². The van der Waals surface area contributed by atoms with Crippen LogP contribution in [0.5, 0.6) is 0 Å². The van der Waals surface area contributed by atoms with E-state index in [1.54, 1.807) is 0 Å². The number of nitrogens with one attached hydrogen (secondary N) is 1. The molecule has 76 valence electrons. The number of aromatic amines is 1. The van der Waals surface area contributed by atoms with Crippen molar-refractivity contribution in [3.63, 3.8) is 0 Å². The third-order valence-electron chi connectivity index (χ3n) is 2.09. The fraction of sp³-hybridized carbons (Fsp3) is 0.333. The Balaban J connectivity index is 3.05. The van der Waals surface area contributed by atoms with Crippen LogP contribution in [0.1, 0.15) is 18.2 Å². The van der Waals surface area contributed by atoms with Crippen molar-refractivity contribution in [1.82, 2.24) is 4.98 Å². The maximum absolute atomic E-state index is 5.52. The highest BCUT2D eigenvalue weighted by molar-refractivity contribution is 5.10. The van der Waals surface area contributed by atoms with Gasteiger partial charge in [-0.1, -0.05) is 31.2 Å². The molecule has 0 spiro atoms. The average Bonchev–Trinajstić information content (AvgIpc) is 2.31. The summed E-state index contributed by atoms with van der Waals surface area (Å²) in [4.78, 5) is 3.29. The second-order valence-electron chi connectivity index (χ2n) is 3.19. The third kappa shape index (κ3) is 3.62. The molecule has 2 nitrogen and oxygen atoms in total. The van der Waals surface area contributed by atoms with Crippen LogP contribution in [0.25, 0.3) is 0 Å². The zero-order chi connectivity index (χ0) is 10.2. The first-order valence-electron chi connectivity index (χ1n) is 5.06. The van der Waals surface area contributed by atoms with Crippen molar-refractivity contribution >= 4 is 0 Å². The van der Waals surface area contributed by atoms with E-state index in [0.717, 1.165) is 12.8 Å². The Morgan fingerprint density at radius 3 is 2.71 bits per heavy atom. The minimum Gasteiger partial charge on any atom is -0.365 e. The highest BCUT2D eigenvalue weighted by Crippen LogP contribution is 1.96. The van der Waals surface area contributed by atoms with Crippen LogP contribution in [-0.2, 0) is 12.8 Å². The Kier molecular flexibility index (Phi) is 4.79. The predicted molar refractivity (Wildman–Crippen MR) is 60.6 cm³/mol. The van der Waals surface area contributed by atoms with Crippen LogP contribution in [0.15, 0.2) is 36.5 Å². The van der Waals surface area contributed by atoms with E-state index in [9.17, 15) is 0 Å². The number of aryl methyl sites for hydroxylation is 1. The molecule has 0 saturated heterocycles. The lowest BCUT2D eigenvalue weighted by molar-refractivity contribution is 0.954. The van der Waals surface area contributed by atoms with Crippen molar-refractivity contribution in [3.8, 4) is 0 Å². The SMILES string of the molecule is CCc1cccccc(CCN)c[nH]1. The Bertz CT molecular complexity index is 314. The van der Waals surface area contributed by atoms with Crippen molar-refractivity contribution in [3.05, 3.63) is 47.8 Å². The van der Waals surface area contributed by atoms with Gasteiger partial charge in [-0.2, -0.15) is 0 Å². The summed E-state index contributed by atoms with van der Waals surface area (Å²) < 4.78 is 0. The van der Waals surface area contributed by atoms with Crippen molar-refractivity contribution in [1.29, 1.82) is 0 Å². The Morgan fingerprint density at radius 2 is 2.00 bits per heavy atom. The normalized spacial score (nSPS) is 9.57. The number of hydrogen-bond acceptors (Lipinski definition) is 1. The lowest BCUT2D eigenvalue weighted by Crippen LogP contribution is -2.02. The van der Waals surface area contributed by atoms with Gasteiger partial charge >= 0.3 is 0 Å². The van der Waals surface area contributed by atoms with E-state index in [1.807, 2.05) is 24.4 Å². The van der Waals surface area contributed by atoms with Crippen LogP contribution in [-0.4, -0.2) is 11.5 Å². The summed E-state index contributed by atoms with van der Waals surface area (Å²) in [5.41, 5.74) is 7.98. The van der Waals surface area contributed by atoms with E-state index in [0.29, 0.717) is 6.54 Å². The molecule has 0 bridgehead atoms. The van der Waals surface area contributed by atoms with Crippen LogP contribution in [0.4, 0.5) is 0 Å². The van der Waals surface area contributed by atoms with E-state index in [4.69, 9.17) is 5.73 Å². The summed E-state index contributed by atoms with van der Waals surface area (Å²) in [6.45, 7) is 2.82. The number of aromatic nitrogens is 1. The Hall–Kier alpha value is -1.28. The van der Waals surface area contributed by atoms with Gasteiger partial charge in [-0.15, -0.1) is 0 Å². The van der Waals surface area contributed by atoms with Gasteiger partial charge in [0.05, 0.1) is 0 Å². The van der Waals surface area contributed by atoms with Gasteiger partial charge in [-0.3, -0.25) is 0 Å². The largest absolute Gasteiger partial charge is 0.365 e. The molecule has 1 heterocycles. The molecule has 3 N–H and O–H groups in total. The summed E-state index contributed by atoms with van der Waals surface area (Å²) in [5, 5.41) is 0. The fourth-order valence-electron chi connectivity index (χ4n) is 1.24. The van der Waals surface area contributed by atoms with Crippen LogP contribution in [0, 0.1) is 0 Å². The van der Waals surface area contributed by atoms with E-state index in [2.05, 4.69) is 24.0 Å². The lowest BCUT2D eigenvalue weighted by atomic mass is 10.2. The molecule has 2 heteroatoms. The summed E-state index contributed by atoms with van der Waals surface area (Å²) in [7, 11) is 0. The molecular weight excluding hydrogens is 172 g/mol. The van der Waals surface area contributed by atoms with Gasteiger partial charge < -0.3 is 10.7 Å². The molecule has 0 saturated carbocycles. The van der Waals surface area contributed by atoms with E-state index in [-0.39, 0.29) is 0 Å². The second-order valence-corrected chi connectivity index (χ2v) is 3.19. The standard InChI is InChI=1S/C12H18N2/c1-2-12-7-5-3-4-6-11(8-9-13)10-14-12/h3-7,10,14H,2,8-9,13H2,1H3. The minimum atomic E-state index is 0.687. The molecule has 0 amide bonds. The van der Waals surface area contributed by atoms with Crippen molar-refractivity contribution < 1.29 is 0 Å². The van der Waals surface area contributed by atoms with Gasteiger partial charge in [0.15, 0.2) is 0 Å². The van der Waals surface area contributed by atoms with Crippen molar-refractivity contribution in [2.75, 3.05) is 6.54 Å². The zero-order valence-corrected chi connectivity index (χ0v) is 8.66. The molecule has 0 aliphatic rings. The predicted octanol–water partition coefficient (Wildman–Crippen LogP) is 2.20. The number of rotatable bonds is 3. The van der Waals surface area contributed by atoms with E-state index >= 15 is 0 Å². The zero-order valence-electron chi connectivity index (χ0n) is 8.66. The molecule has 1 rings (SSSR count). The summed E-state index contributed by atoms with van der Waals surface area (Å²) in [6.07, 6.45) is 3.96.